The van der Waals surface area contributed by atoms with Crippen molar-refractivity contribution in [2.75, 3.05) is 26.7 Å². The summed E-state index contributed by atoms with van der Waals surface area (Å²) >= 11 is 0. The number of benzene rings is 1. The lowest BCUT2D eigenvalue weighted by Crippen LogP contribution is -2.46. The Morgan fingerprint density at radius 1 is 1.16 bits per heavy atom. The van der Waals surface area contributed by atoms with Crippen molar-refractivity contribution in [3.8, 4) is 0 Å². The SMILES string of the molecule is CCNC(=O)NC(=O)[C@@H](C)OC(=O)C1CCN(S(=O)(=O)c2ccccc2C(=O)OC)CC1. The fraction of sp³-hybridized carbons (Fsp3) is 0.500. The van der Waals surface area contributed by atoms with Crippen LogP contribution in [0.1, 0.15) is 37.0 Å². The minimum atomic E-state index is -3.98. The standard InChI is InChI=1S/C20H27N3O8S/c1-4-21-20(27)22-17(24)13(2)31-18(25)14-9-11-23(12-10-14)32(28,29)16-8-6-5-7-15(16)19(26)30-3/h5-8,13-14H,4,9-12H2,1-3H3,(H2,21,22,24,27)/t13-/m1/s1. The molecule has 1 aromatic carbocycles. The van der Waals surface area contributed by atoms with Crippen molar-refractivity contribution in [3.63, 3.8) is 0 Å². The fourth-order valence-corrected chi connectivity index (χ4v) is 4.83. The van der Waals surface area contributed by atoms with Gasteiger partial charge >= 0.3 is 18.0 Å². The maximum Gasteiger partial charge on any atom is 0.339 e. The Labute approximate surface area is 186 Å². The van der Waals surface area contributed by atoms with Gasteiger partial charge in [0, 0.05) is 19.6 Å². The number of sulfonamides is 1. The first-order chi connectivity index (χ1) is 15.1. The zero-order valence-corrected chi connectivity index (χ0v) is 18.9. The number of carbonyl (C=O) groups is 4. The number of ether oxygens (including phenoxy) is 2. The van der Waals surface area contributed by atoms with E-state index in [4.69, 9.17) is 4.74 Å². The van der Waals surface area contributed by atoms with Crippen molar-refractivity contribution < 1.29 is 37.1 Å². The van der Waals surface area contributed by atoms with Crippen molar-refractivity contribution in [2.24, 2.45) is 5.92 Å². The predicted octanol–water partition coefficient (Wildman–Crippen LogP) is 0.651. The molecule has 2 rings (SSSR count). The molecule has 1 aliphatic rings. The molecule has 2 N–H and O–H groups in total. The molecule has 32 heavy (non-hydrogen) atoms. The van der Waals surface area contributed by atoms with Crippen molar-refractivity contribution in [2.45, 2.75) is 37.7 Å². The molecule has 1 aliphatic heterocycles. The van der Waals surface area contributed by atoms with Gasteiger partial charge in [-0.2, -0.15) is 4.31 Å². The molecule has 0 saturated carbocycles. The topological polar surface area (TPSA) is 148 Å². The second-order valence-electron chi connectivity index (χ2n) is 7.09. The smallest absolute Gasteiger partial charge is 0.339 e. The quantitative estimate of drug-likeness (QED) is 0.553. The number of methoxy groups -OCH3 is 1. The monoisotopic (exact) mass is 469 g/mol. The van der Waals surface area contributed by atoms with Gasteiger partial charge in [-0.25, -0.2) is 18.0 Å². The van der Waals surface area contributed by atoms with E-state index in [9.17, 15) is 27.6 Å². The van der Waals surface area contributed by atoms with Crippen LogP contribution in [0.4, 0.5) is 4.79 Å². The van der Waals surface area contributed by atoms with Crippen LogP contribution in [0, 0.1) is 5.92 Å². The molecule has 0 aromatic heterocycles. The molecule has 0 bridgehead atoms. The summed E-state index contributed by atoms with van der Waals surface area (Å²) in [4.78, 5) is 47.5. The highest BCUT2D eigenvalue weighted by atomic mass is 32.2. The van der Waals surface area contributed by atoms with Gasteiger partial charge in [0.1, 0.15) is 0 Å². The fourth-order valence-electron chi connectivity index (χ4n) is 3.18. The van der Waals surface area contributed by atoms with E-state index in [2.05, 4.69) is 15.4 Å². The van der Waals surface area contributed by atoms with Gasteiger partial charge in [0.05, 0.1) is 23.5 Å². The maximum atomic E-state index is 13.0. The van der Waals surface area contributed by atoms with Gasteiger partial charge in [0.2, 0.25) is 10.0 Å². The summed E-state index contributed by atoms with van der Waals surface area (Å²) in [6.45, 7) is 3.44. The molecule has 1 saturated heterocycles. The highest BCUT2D eigenvalue weighted by molar-refractivity contribution is 7.89. The number of carbonyl (C=O) groups excluding carboxylic acids is 4. The molecule has 0 aliphatic carbocycles. The number of hydrogen-bond donors (Lipinski definition) is 2. The molecular weight excluding hydrogens is 442 g/mol. The second kappa shape index (κ2) is 11.0. The van der Waals surface area contributed by atoms with Crippen LogP contribution in [-0.2, 0) is 29.1 Å². The molecule has 0 unspecified atom stereocenters. The minimum Gasteiger partial charge on any atom is -0.465 e. The van der Waals surface area contributed by atoms with Gasteiger partial charge in [0.15, 0.2) is 6.10 Å². The molecule has 1 aromatic rings. The molecule has 0 radical (unpaired) electrons. The highest BCUT2D eigenvalue weighted by Crippen LogP contribution is 2.27. The van der Waals surface area contributed by atoms with E-state index < -0.39 is 45.9 Å². The number of urea groups is 1. The van der Waals surface area contributed by atoms with Crippen LogP contribution in [0.3, 0.4) is 0 Å². The van der Waals surface area contributed by atoms with Gasteiger partial charge in [-0.15, -0.1) is 0 Å². The average Bonchev–Trinajstić information content (AvgIpc) is 2.78. The predicted molar refractivity (Wildman–Crippen MR) is 112 cm³/mol. The van der Waals surface area contributed by atoms with Crippen LogP contribution in [0.15, 0.2) is 29.2 Å². The summed E-state index contributed by atoms with van der Waals surface area (Å²) in [5.74, 6) is -2.76. The van der Waals surface area contributed by atoms with Gasteiger partial charge in [-0.05, 0) is 38.8 Å². The van der Waals surface area contributed by atoms with E-state index >= 15 is 0 Å². The molecule has 3 amide bonds. The van der Waals surface area contributed by atoms with Crippen LogP contribution >= 0.6 is 0 Å². The Hall–Kier alpha value is -2.99. The van der Waals surface area contributed by atoms with Crippen molar-refractivity contribution in [3.05, 3.63) is 29.8 Å². The number of nitrogens with zero attached hydrogens (tertiary/aromatic N) is 1. The molecule has 12 heteroatoms. The number of hydrogen-bond acceptors (Lipinski definition) is 8. The van der Waals surface area contributed by atoms with E-state index in [0.29, 0.717) is 6.54 Å². The van der Waals surface area contributed by atoms with E-state index in [-0.39, 0.29) is 36.4 Å². The number of nitrogens with one attached hydrogen (secondary N) is 2. The number of imide groups is 1. The third-order valence-electron chi connectivity index (χ3n) is 4.93. The molecule has 1 atom stereocenters. The molecule has 11 nitrogen and oxygen atoms in total. The Morgan fingerprint density at radius 3 is 2.38 bits per heavy atom. The van der Waals surface area contributed by atoms with Crippen molar-refractivity contribution in [1.29, 1.82) is 0 Å². The molecule has 1 heterocycles. The van der Waals surface area contributed by atoms with Crippen LogP contribution in [-0.4, -0.2) is 69.4 Å². The summed E-state index contributed by atoms with van der Waals surface area (Å²) in [5.41, 5.74) is -0.0662. The number of piperidine rings is 1. The van der Waals surface area contributed by atoms with Crippen molar-refractivity contribution >= 4 is 33.9 Å². The van der Waals surface area contributed by atoms with E-state index in [0.717, 1.165) is 0 Å². The maximum absolute atomic E-state index is 13.0. The van der Waals surface area contributed by atoms with Gasteiger partial charge in [-0.1, -0.05) is 12.1 Å². The number of amides is 3. The Kier molecular flexibility index (Phi) is 8.72. The van der Waals surface area contributed by atoms with Crippen LogP contribution in [0.25, 0.3) is 0 Å². The van der Waals surface area contributed by atoms with Crippen LogP contribution < -0.4 is 10.6 Å². The molecular formula is C20H27N3O8S. The lowest BCUT2D eigenvalue weighted by molar-refractivity contribution is -0.159. The number of esters is 2. The van der Waals surface area contributed by atoms with Crippen LogP contribution in [0.5, 0.6) is 0 Å². The Balaban J connectivity index is 1.98. The average molecular weight is 470 g/mol. The third-order valence-corrected chi connectivity index (χ3v) is 6.89. The lowest BCUT2D eigenvalue weighted by Gasteiger charge is -2.30. The van der Waals surface area contributed by atoms with Crippen LogP contribution in [0.2, 0.25) is 0 Å². The van der Waals surface area contributed by atoms with E-state index in [1.165, 1.54) is 42.6 Å². The minimum absolute atomic E-state index is 0.0388. The lowest BCUT2D eigenvalue weighted by atomic mass is 9.98. The molecule has 176 valence electrons. The van der Waals surface area contributed by atoms with Gasteiger partial charge < -0.3 is 14.8 Å². The van der Waals surface area contributed by atoms with E-state index in [1.54, 1.807) is 6.92 Å². The zero-order chi connectivity index (χ0) is 23.9. The zero-order valence-electron chi connectivity index (χ0n) is 18.1. The van der Waals surface area contributed by atoms with Gasteiger partial charge in [0.25, 0.3) is 5.91 Å². The molecule has 1 fully saturated rings. The second-order valence-corrected chi connectivity index (χ2v) is 9.00. The first kappa shape index (κ1) is 25.3. The summed E-state index contributed by atoms with van der Waals surface area (Å²) in [6, 6.07) is 5.06. The van der Waals surface area contributed by atoms with Crippen molar-refractivity contribution in [1.82, 2.24) is 14.9 Å². The summed E-state index contributed by atoms with van der Waals surface area (Å²) in [5, 5.41) is 4.45. The Bertz CT molecular complexity index is 971. The Morgan fingerprint density at radius 2 is 1.78 bits per heavy atom. The summed E-state index contributed by atoms with van der Waals surface area (Å²) in [6.07, 6.45) is -0.814. The first-order valence-corrected chi connectivity index (χ1v) is 11.5. The largest absolute Gasteiger partial charge is 0.465 e. The molecule has 0 spiro atoms. The van der Waals surface area contributed by atoms with Gasteiger partial charge in [-0.3, -0.25) is 14.9 Å². The first-order valence-electron chi connectivity index (χ1n) is 10.1. The summed E-state index contributed by atoms with van der Waals surface area (Å²) in [7, 11) is -2.81. The van der Waals surface area contributed by atoms with E-state index in [1.807, 2.05) is 0 Å². The third kappa shape index (κ3) is 6.04. The highest BCUT2D eigenvalue weighted by Gasteiger charge is 2.35. The summed E-state index contributed by atoms with van der Waals surface area (Å²) < 4.78 is 37.1. The normalized spacial score (nSPS) is 16.0. The number of rotatable bonds is 7.